The summed E-state index contributed by atoms with van der Waals surface area (Å²) in [5.74, 6) is 2.46. The molecule has 4 rings (SSSR count). The second-order valence-corrected chi connectivity index (χ2v) is 26.2. The number of ether oxygens (including phenoxy) is 3. The zero-order valence-corrected chi connectivity index (χ0v) is 56.8. The van der Waals surface area contributed by atoms with Crippen molar-refractivity contribution in [2.24, 2.45) is 15.0 Å². The van der Waals surface area contributed by atoms with Gasteiger partial charge in [0.2, 0.25) is 0 Å². The fraction of sp³-hybridized carbons (Fsp3) is 0.769. The van der Waals surface area contributed by atoms with E-state index in [0.29, 0.717) is 0 Å². The van der Waals surface area contributed by atoms with Crippen molar-refractivity contribution in [2.75, 3.05) is 19.8 Å². The van der Waals surface area contributed by atoms with E-state index in [4.69, 9.17) is 44.1 Å². The Morgan fingerprint density at radius 1 is 0.276 bits per heavy atom. The second-order valence-electron chi connectivity index (χ2n) is 26.2. The van der Waals surface area contributed by atoms with Crippen LogP contribution in [-0.4, -0.2) is 71.5 Å². The van der Waals surface area contributed by atoms with E-state index in [-0.39, 0.29) is 18.1 Å². The van der Waals surface area contributed by atoms with Gasteiger partial charge in [-0.3, -0.25) is 29.9 Å². The number of rotatable bonds is 60. The highest BCUT2D eigenvalue weighted by Crippen LogP contribution is 2.27. The molecule has 1 aliphatic rings. The molecule has 0 atom stereocenters. The number of pyridine rings is 3. The van der Waals surface area contributed by atoms with Gasteiger partial charge in [-0.25, -0.2) is 0 Å². The highest BCUT2D eigenvalue weighted by Gasteiger charge is 2.28. The van der Waals surface area contributed by atoms with Gasteiger partial charge >= 0.3 is 0 Å². The van der Waals surface area contributed by atoms with Crippen LogP contribution in [-0.2, 0) is 0 Å². The van der Waals surface area contributed by atoms with Crippen molar-refractivity contribution in [3.8, 4) is 17.2 Å². The van der Waals surface area contributed by atoms with Gasteiger partial charge in [0.25, 0.3) is 0 Å². The summed E-state index contributed by atoms with van der Waals surface area (Å²) in [6.45, 7) is 9.10. The maximum atomic E-state index is 6.10. The van der Waals surface area contributed by atoms with Crippen molar-refractivity contribution < 1.29 is 14.2 Å². The first-order valence-corrected chi connectivity index (χ1v) is 37.5. The molecule has 0 amide bonds. The Morgan fingerprint density at radius 3 is 0.632 bits per heavy atom. The van der Waals surface area contributed by atoms with E-state index in [0.717, 1.165) is 92.7 Å². The van der Waals surface area contributed by atoms with Crippen molar-refractivity contribution in [3.05, 3.63) is 72.1 Å². The Labute approximate surface area is 535 Å². The molecule has 9 nitrogen and oxygen atoms in total. The molecule has 1 saturated carbocycles. The van der Waals surface area contributed by atoms with Crippen LogP contribution >= 0.6 is 0 Å². The third-order valence-electron chi connectivity index (χ3n) is 18.0. The van der Waals surface area contributed by atoms with Crippen LogP contribution in [0, 0.1) is 0 Å². The van der Waals surface area contributed by atoms with Crippen LogP contribution in [0.2, 0.25) is 0 Å². The largest absolute Gasteiger partial charge is 0.492 e. The zero-order valence-electron chi connectivity index (χ0n) is 56.8. The molecule has 3 heterocycles. The molecule has 0 spiro atoms. The van der Waals surface area contributed by atoms with E-state index < -0.39 is 0 Å². The van der Waals surface area contributed by atoms with Crippen molar-refractivity contribution in [1.29, 1.82) is 0 Å². The molecule has 0 N–H and O–H groups in total. The fourth-order valence-corrected chi connectivity index (χ4v) is 12.3. The molecule has 1 fully saturated rings. The first-order chi connectivity index (χ1) is 43.1. The van der Waals surface area contributed by atoms with Crippen molar-refractivity contribution >= 4 is 18.6 Å². The van der Waals surface area contributed by atoms with Gasteiger partial charge in [-0.1, -0.05) is 310 Å². The van der Waals surface area contributed by atoms with E-state index in [2.05, 4.69) is 20.8 Å². The van der Waals surface area contributed by atoms with Crippen LogP contribution in [0.3, 0.4) is 0 Å². The molecular formula is C78H132N6O3. The summed E-state index contributed by atoms with van der Waals surface area (Å²) in [6.07, 6.45) is 79.5. The first kappa shape index (κ1) is 75.3. The minimum Gasteiger partial charge on any atom is -0.492 e. The van der Waals surface area contributed by atoms with Crippen molar-refractivity contribution in [2.45, 2.75) is 366 Å². The van der Waals surface area contributed by atoms with E-state index >= 15 is 0 Å². The van der Waals surface area contributed by atoms with Gasteiger partial charge in [-0.2, -0.15) is 0 Å². The molecule has 0 aliphatic heterocycles. The van der Waals surface area contributed by atoms with Crippen LogP contribution in [0.5, 0.6) is 17.2 Å². The van der Waals surface area contributed by atoms with Crippen molar-refractivity contribution in [1.82, 2.24) is 15.0 Å². The molecular weight excluding hydrogens is 1070 g/mol. The second kappa shape index (κ2) is 55.9. The number of hydrogen-bond donors (Lipinski definition) is 0. The first-order valence-electron chi connectivity index (χ1n) is 37.5. The lowest BCUT2D eigenvalue weighted by molar-refractivity contribution is 0.303. The lowest BCUT2D eigenvalue weighted by Crippen LogP contribution is -2.30. The third kappa shape index (κ3) is 43.3. The molecule has 0 saturated heterocycles. The summed E-state index contributed by atoms with van der Waals surface area (Å²) in [4.78, 5) is 29.4. The van der Waals surface area contributed by atoms with Gasteiger partial charge in [-0.05, 0) is 74.9 Å². The average Bonchev–Trinajstić information content (AvgIpc) is 3.72. The third-order valence-corrected chi connectivity index (χ3v) is 18.0. The molecule has 1 aliphatic carbocycles. The van der Waals surface area contributed by atoms with E-state index in [1.807, 2.05) is 73.6 Å². The molecule has 3 aromatic heterocycles. The monoisotopic (exact) mass is 1200 g/mol. The quantitative estimate of drug-likeness (QED) is 0.0412. The fourth-order valence-electron chi connectivity index (χ4n) is 12.3. The van der Waals surface area contributed by atoms with Crippen LogP contribution in [0.1, 0.15) is 365 Å². The van der Waals surface area contributed by atoms with Crippen LogP contribution in [0.15, 0.2) is 70.0 Å². The van der Waals surface area contributed by atoms with Gasteiger partial charge in [0.05, 0.1) is 73.6 Å². The maximum absolute atomic E-state index is 6.10. The Hall–Kier alpha value is -4.14. The average molecular weight is 1200 g/mol. The predicted molar refractivity (Wildman–Crippen MR) is 376 cm³/mol. The van der Waals surface area contributed by atoms with Gasteiger partial charge in [-0.15, -0.1) is 0 Å². The summed E-state index contributed by atoms with van der Waals surface area (Å²) < 4.78 is 18.3. The molecule has 0 bridgehead atoms. The Morgan fingerprint density at radius 2 is 0.460 bits per heavy atom. The number of unbranched alkanes of at least 4 members (excludes halogenated alkanes) is 45. The van der Waals surface area contributed by atoms with E-state index in [1.54, 1.807) is 0 Å². The van der Waals surface area contributed by atoms with Crippen LogP contribution in [0.25, 0.3) is 0 Å². The maximum Gasteiger partial charge on any atom is 0.137 e. The van der Waals surface area contributed by atoms with Gasteiger partial charge in [0.15, 0.2) is 0 Å². The number of hydrogen-bond acceptors (Lipinski definition) is 9. The minimum atomic E-state index is 0.0530. The summed E-state index contributed by atoms with van der Waals surface area (Å²) in [6, 6.07) is 12.3. The number of nitrogens with zero attached hydrogens (tertiary/aromatic N) is 6. The molecule has 0 aromatic carbocycles. The van der Waals surface area contributed by atoms with E-state index in [1.165, 1.54) is 289 Å². The Bertz CT molecular complexity index is 1800. The summed E-state index contributed by atoms with van der Waals surface area (Å²) in [5, 5.41) is 0. The van der Waals surface area contributed by atoms with Gasteiger partial charge in [0, 0.05) is 18.6 Å². The van der Waals surface area contributed by atoms with Crippen LogP contribution in [0.4, 0.5) is 0 Å². The molecule has 0 radical (unpaired) electrons. The minimum absolute atomic E-state index is 0.0530. The normalized spacial score (nSPS) is 15.4. The SMILES string of the molecule is CCCCCCCCCCCCCCCCCCOc1ccc(C=NC2CC(N=Cc3ccc(OCCCCCCCCCCCCCCCCCC)cn3)CC(N=Cc3ccc(OCCCCCCCCCCCCCCCCCC)cn3)C2)nc1. The molecule has 87 heavy (non-hydrogen) atoms. The number of aromatic nitrogens is 3. The summed E-state index contributed by atoms with van der Waals surface area (Å²) in [7, 11) is 0. The van der Waals surface area contributed by atoms with Gasteiger partial charge < -0.3 is 14.2 Å². The molecule has 3 aromatic rings. The van der Waals surface area contributed by atoms with E-state index in [9.17, 15) is 0 Å². The van der Waals surface area contributed by atoms with Crippen LogP contribution < -0.4 is 14.2 Å². The molecule has 9 heteroatoms. The molecule has 492 valence electrons. The lowest BCUT2D eigenvalue weighted by Gasteiger charge is -2.29. The zero-order chi connectivity index (χ0) is 61.2. The smallest absolute Gasteiger partial charge is 0.137 e. The van der Waals surface area contributed by atoms with Crippen molar-refractivity contribution in [3.63, 3.8) is 0 Å². The summed E-state index contributed by atoms with van der Waals surface area (Å²) >= 11 is 0. The Balaban J connectivity index is 1.15. The highest BCUT2D eigenvalue weighted by molar-refractivity contribution is 5.78. The number of aliphatic imine (C=N–C) groups is 3. The Kier molecular flexibility index (Phi) is 48.4. The topological polar surface area (TPSA) is 103 Å². The highest BCUT2D eigenvalue weighted by atomic mass is 16.5. The molecule has 0 unspecified atom stereocenters. The summed E-state index contributed by atoms with van der Waals surface area (Å²) in [5.41, 5.74) is 2.49. The predicted octanol–water partition coefficient (Wildman–Crippen LogP) is 23.7. The standard InChI is InChI=1S/C78H132N6O3/c1-4-7-10-13-16-19-22-25-28-31-34-37-40-43-46-49-58-85-76-55-52-70(82-67-76)64-79-73-61-74(80-65-71-53-56-77(68-83-71)86-59-50-47-44-41-38-35-32-29-26-23-20-17-14-11-8-5-2)63-75(62-73)81-66-72-54-57-78(69-84-72)87-60-51-48-45-42-39-36-33-30-27-24-21-18-15-12-9-6-3/h52-57,64-69,73-75H,4-51,58-63H2,1-3H3. The van der Waals surface area contributed by atoms with Gasteiger partial charge in [0.1, 0.15) is 17.2 Å². The lowest BCUT2D eigenvalue weighted by atomic mass is 9.88.